The van der Waals surface area contributed by atoms with E-state index in [9.17, 15) is 18.0 Å². The second-order valence-corrected chi connectivity index (χ2v) is 5.82. The number of rotatable bonds is 3. The molecule has 4 nitrogen and oxygen atoms in total. The average Bonchev–Trinajstić information content (AvgIpc) is 2.70. The molecule has 0 saturated carbocycles. The van der Waals surface area contributed by atoms with Crippen LogP contribution in [0.4, 0.5) is 23.7 Å². The zero-order valence-corrected chi connectivity index (χ0v) is 13.4. The normalized spacial score (nSPS) is 19.9. The Morgan fingerprint density at radius 2 is 1.88 bits per heavy atom. The van der Waals surface area contributed by atoms with E-state index in [1.165, 1.54) is 12.1 Å². The standard InChI is InChI=1S/C17H12ClF3N2O2/c18-12-6-7-14-13(8-12)16(17(19,20)21,10-22-15(24)23-14)25-9-11-4-2-1-3-5-11/h1-8,10H,9H2,(H,23,24)/t16-/m0/s1. The molecule has 1 N–H and O–H groups in total. The summed E-state index contributed by atoms with van der Waals surface area (Å²) in [6.07, 6.45) is -4.38. The first kappa shape index (κ1) is 17.4. The highest BCUT2D eigenvalue weighted by atomic mass is 35.5. The molecule has 0 aromatic heterocycles. The fourth-order valence-corrected chi connectivity index (χ4v) is 2.67. The van der Waals surface area contributed by atoms with Gasteiger partial charge >= 0.3 is 12.2 Å². The number of anilines is 1. The largest absolute Gasteiger partial charge is 0.427 e. The van der Waals surface area contributed by atoms with Crippen LogP contribution in [0.5, 0.6) is 0 Å². The topological polar surface area (TPSA) is 50.7 Å². The molecule has 2 amide bonds. The minimum atomic E-state index is -4.86. The van der Waals surface area contributed by atoms with Gasteiger partial charge in [-0.15, -0.1) is 0 Å². The number of hydrogen-bond acceptors (Lipinski definition) is 2. The van der Waals surface area contributed by atoms with Gasteiger partial charge in [0, 0.05) is 16.3 Å². The zero-order valence-electron chi connectivity index (χ0n) is 12.7. The molecular weight excluding hydrogens is 357 g/mol. The first-order chi connectivity index (χ1) is 11.8. The zero-order chi connectivity index (χ0) is 18.1. The minimum absolute atomic E-state index is 0.0581. The fraction of sp³-hybridized carbons (Fsp3) is 0.176. The third-order valence-corrected chi connectivity index (χ3v) is 3.95. The molecule has 2 aromatic carbocycles. The van der Waals surface area contributed by atoms with Crippen LogP contribution in [-0.4, -0.2) is 18.4 Å². The van der Waals surface area contributed by atoms with Gasteiger partial charge in [-0.1, -0.05) is 41.9 Å². The van der Waals surface area contributed by atoms with E-state index >= 15 is 0 Å². The molecule has 8 heteroatoms. The van der Waals surface area contributed by atoms with E-state index in [2.05, 4.69) is 10.3 Å². The van der Waals surface area contributed by atoms with Crippen molar-refractivity contribution < 1.29 is 22.7 Å². The van der Waals surface area contributed by atoms with Crippen LogP contribution in [0.1, 0.15) is 11.1 Å². The van der Waals surface area contributed by atoms with Gasteiger partial charge in [-0.3, -0.25) is 0 Å². The molecule has 0 radical (unpaired) electrons. The second kappa shape index (κ2) is 6.50. The maximum atomic E-state index is 14.0. The number of benzene rings is 2. The Morgan fingerprint density at radius 3 is 2.56 bits per heavy atom. The number of nitrogens with zero attached hydrogens (tertiary/aromatic N) is 1. The number of hydrogen-bond donors (Lipinski definition) is 1. The Morgan fingerprint density at radius 1 is 1.16 bits per heavy atom. The van der Waals surface area contributed by atoms with Gasteiger partial charge in [0.05, 0.1) is 12.8 Å². The van der Waals surface area contributed by atoms with Crippen LogP contribution in [0, 0.1) is 0 Å². The SMILES string of the molecule is O=C1N=C[C@@](OCc2ccccc2)(C(F)(F)F)c2cc(Cl)ccc2N1. The minimum Gasteiger partial charge on any atom is -0.351 e. The molecule has 1 atom stereocenters. The van der Waals surface area contributed by atoms with Crippen LogP contribution < -0.4 is 5.32 Å². The molecule has 0 aliphatic carbocycles. The van der Waals surface area contributed by atoms with Crippen LogP contribution in [0.2, 0.25) is 5.02 Å². The molecule has 2 aromatic rings. The summed E-state index contributed by atoms with van der Waals surface area (Å²) in [4.78, 5) is 15.0. The second-order valence-electron chi connectivity index (χ2n) is 5.39. The lowest BCUT2D eigenvalue weighted by Crippen LogP contribution is -2.46. The molecular formula is C17H12ClF3N2O2. The Balaban J connectivity index is 2.12. The number of halogens is 4. The Bertz CT molecular complexity index is 824. The lowest BCUT2D eigenvalue weighted by Gasteiger charge is -2.33. The van der Waals surface area contributed by atoms with Gasteiger partial charge in [0.1, 0.15) is 0 Å². The van der Waals surface area contributed by atoms with Crippen LogP contribution in [0.25, 0.3) is 0 Å². The predicted octanol–water partition coefficient (Wildman–Crippen LogP) is 4.93. The third-order valence-electron chi connectivity index (χ3n) is 3.72. The summed E-state index contributed by atoms with van der Waals surface area (Å²) >= 11 is 5.88. The molecule has 0 unspecified atom stereocenters. The van der Waals surface area contributed by atoms with E-state index in [1.54, 1.807) is 30.3 Å². The van der Waals surface area contributed by atoms with E-state index in [4.69, 9.17) is 16.3 Å². The van der Waals surface area contributed by atoms with E-state index < -0.39 is 17.8 Å². The molecule has 0 spiro atoms. The molecule has 130 valence electrons. The Labute approximate surface area is 146 Å². The van der Waals surface area contributed by atoms with Crippen LogP contribution in [-0.2, 0) is 16.9 Å². The van der Waals surface area contributed by atoms with E-state index in [1.807, 2.05) is 0 Å². The molecule has 0 fully saturated rings. The number of aliphatic imine (C=N–C) groups is 1. The van der Waals surface area contributed by atoms with Crippen molar-refractivity contribution in [3.8, 4) is 0 Å². The maximum absolute atomic E-state index is 14.0. The van der Waals surface area contributed by atoms with Crippen molar-refractivity contribution >= 4 is 29.5 Å². The lowest BCUT2D eigenvalue weighted by atomic mass is 9.92. The number of amides is 2. The van der Waals surface area contributed by atoms with Crippen molar-refractivity contribution in [2.75, 3.05) is 5.32 Å². The first-order valence-electron chi connectivity index (χ1n) is 7.23. The number of alkyl halides is 3. The van der Waals surface area contributed by atoms with E-state index in [0.717, 1.165) is 6.07 Å². The number of ether oxygens (including phenoxy) is 1. The van der Waals surface area contributed by atoms with Gasteiger partial charge in [0.15, 0.2) is 0 Å². The van der Waals surface area contributed by atoms with Crippen molar-refractivity contribution in [3.63, 3.8) is 0 Å². The number of fused-ring (bicyclic) bond motifs is 1. The molecule has 1 heterocycles. The molecule has 1 aliphatic rings. The fourth-order valence-electron chi connectivity index (χ4n) is 2.49. The van der Waals surface area contributed by atoms with Crippen LogP contribution in [0.3, 0.4) is 0 Å². The van der Waals surface area contributed by atoms with Crippen molar-refractivity contribution in [1.29, 1.82) is 0 Å². The summed E-state index contributed by atoms with van der Waals surface area (Å²) in [5, 5.41) is 2.38. The van der Waals surface area contributed by atoms with Gasteiger partial charge in [0.25, 0.3) is 0 Å². The first-order valence-corrected chi connectivity index (χ1v) is 7.60. The molecule has 0 saturated heterocycles. The average molecular weight is 369 g/mol. The van der Waals surface area contributed by atoms with Crippen LogP contribution >= 0.6 is 11.6 Å². The highest BCUT2D eigenvalue weighted by molar-refractivity contribution is 6.30. The van der Waals surface area contributed by atoms with E-state index in [-0.39, 0.29) is 22.9 Å². The van der Waals surface area contributed by atoms with Crippen molar-refractivity contribution in [2.45, 2.75) is 18.4 Å². The smallest absolute Gasteiger partial charge is 0.351 e. The van der Waals surface area contributed by atoms with Gasteiger partial charge in [-0.25, -0.2) is 9.79 Å². The van der Waals surface area contributed by atoms with Gasteiger partial charge in [-0.2, -0.15) is 13.2 Å². The van der Waals surface area contributed by atoms with Gasteiger partial charge in [-0.05, 0) is 23.8 Å². The van der Waals surface area contributed by atoms with Gasteiger partial charge < -0.3 is 10.1 Å². The molecule has 3 rings (SSSR count). The summed E-state index contributed by atoms with van der Waals surface area (Å²) in [6, 6.07) is 11.3. The third kappa shape index (κ3) is 3.38. The van der Waals surface area contributed by atoms with Crippen LogP contribution in [0.15, 0.2) is 53.5 Å². The van der Waals surface area contributed by atoms with E-state index in [0.29, 0.717) is 11.8 Å². The number of carbonyl (C=O) groups excluding carboxylic acids is 1. The monoisotopic (exact) mass is 368 g/mol. The van der Waals surface area contributed by atoms with Gasteiger partial charge in [0.2, 0.25) is 5.60 Å². The summed E-state index contributed by atoms with van der Waals surface area (Å²) in [5.74, 6) is 0. The number of urea groups is 1. The van der Waals surface area contributed by atoms with Crippen molar-refractivity contribution in [3.05, 3.63) is 64.7 Å². The molecule has 25 heavy (non-hydrogen) atoms. The summed E-state index contributed by atoms with van der Waals surface area (Å²) in [5.41, 5.74) is -2.73. The summed E-state index contributed by atoms with van der Waals surface area (Å²) in [6.45, 7) is -0.327. The van der Waals surface area contributed by atoms with Crippen molar-refractivity contribution in [1.82, 2.24) is 0 Å². The highest BCUT2D eigenvalue weighted by Gasteiger charge is 2.58. The maximum Gasteiger partial charge on any atom is 0.427 e. The number of carbonyl (C=O) groups is 1. The Kier molecular flexibility index (Phi) is 4.53. The highest BCUT2D eigenvalue weighted by Crippen LogP contribution is 2.46. The number of nitrogens with one attached hydrogen (secondary N) is 1. The quantitative estimate of drug-likeness (QED) is 0.835. The summed E-state index contributed by atoms with van der Waals surface area (Å²) < 4.78 is 47.4. The summed E-state index contributed by atoms with van der Waals surface area (Å²) in [7, 11) is 0. The Hall–Kier alpha value is -2.38. The molecule has 0 bridgehead atoms. The lowest BCUT2D eigenvalue weighted by molar-refractivity contribution is -0.255. The van der Waals surface area contributed by atoms with Crippen molar-refractivity contribution in [2.24, 2.45) is 4.99 Å². The predicted molar refractivity (Wildman–Crippen MR) is 87.9 cm³/mol. The molecule has 1 aliphatic heterocycles.